The van der Waals surface area contributed by atoms with Crippen LogP contribution in [0, 0.1) is 6.92 Å². The number of benzene rings is 2. The summed E-state index contributed by atoms with van der Waals surface area (Å²) in [7, 11) is -3.63. The number of hydrogen-bond acceptors (Lipinski definition) is 5. The molecule has 0 unspecified atom stereocenters. The normalized spacial score (nSPS) is 11.1. The molecule has 30 heavy (non-hydrogen) atoms. The minimum Gasteiger partial charge on any atom is -0.439 e. The molecule has 0 aliphatic heterocycles. The lowest BCUT2D eigenvalue weighted by Gasteiger charge is -2.09. The van der Waals surface area contributed by atoms with Crippen LogP contribution in [0.2, 0.25) is 0 Å². The lowest BCUT2D eigenvalue weighted by Crippen LogP contribution is -2.30. The molecule has 0 spiro atoms. The van der Waals surface area contributed by atoms with Crippen molar-refractivity contribution in [1.29, 1.82) is 0 Å². The highest BCUT2D eigenvalue weighted by atomic mass is 32.2. The Kier molecular flexibility index (Phi) is 7.16. The van der Waals surface area contributed by atoms with Gasteiger partial charge in [-0.3, -0.25) is 4.79 Å². The Morgan fingerprint density at radius 1 is 1.03 bits per heavy atom. The molecule has 156 valence electrons. The van der Waals surface area contributed by atoms with Gasteiger partial charge in [-0.15, -0.1) is 0 Å². The van der Waals surface area contributed by atoms with E-state index >= 15 is 0 Å². The Labute approximate surface area is 176 Å². The van der Waals surface area contributed by atoms with Gasteiger partial charge in [-0.2, -0.15) is 0 Å². The molecule has 1 aromatic heterocycles. The smallest absolute Gasteiger partial charge is 0.240 e. The van der Waals surface area contributed by atoms with Gasteiger partial charge < -0.3 is 10.1 Å². The molecular formula is C22H23N3O4S. The molecule has 3 rings (SSSR count). The molecule has 0 bridgehead atoms. The maximum atomic E-state index is 12.3. The summed E-state index contributed by atoms with van der Waals surface area (Å²) in [5.41, 5.74) is 1.71. The van der Waals surface area contributed by atoms with E-state index in [1.54, 1.807) is 36.5 Å². The lowest BCUT2D eigenvalue weighted by molar-refractivity contribution is -0.121. The first kappa shape index (κ1) is 21.5. The molecule has 1 amide bonds. The number of carbonyl (C=O) groups excluding carboxylic acids is 1. The third-order valence-corrected chi connectivity index (χ3v) is 5.65. The zero-order chi connectivity index (χ0) is 21.4. The Hall–Kier alpha value is -3.23. The van der Waals surface area contributed by atoms with Gasteiger partial charge in [0.1, 0.15) is 5.75 Å². The molecule has 0 fully saturated rings. The van der Waals surface area contributed by atoms with Gasteiger partial charge in [0.25, 0.3) is 0 Å². The SMILES string of the molecule is Cc1cccc(S(=O)(=O)NCCC(=O)NCc2cccc(Oc3ccccn3)c2)c1. The highest BCUT2D eigenvalue weighted by Gasteiger charge is 2.14. The van der Waals surface area contributed by atoms with E-state index in [2.05, 4.69) is 15.0 Å². The van der Waals surface area contributed by atoms with Gasteiger partial charge in [-0.25, -0.2) is 18.1 Å². The molecule has 0 saturated carbocycles. The van der Waals surface area contributed by atoms with Crippen molar-refractivity contribution in [3.05, 3.63) is 84.1 Å². The molecule has 7 nitrogen and oxygen atoms in total. The van der Waals surface area contributed by atoms with Crippen molar-refractivity contribution in [3.8, 4) is 11.6 Å². The first-order valence-electron chi connectivity index (χ1n) is 9.43. The van der Waals surface area contributed by atoms with Crippen molar-refractivity contribution in [2.45, 2.75) is 24.8 Å². The first-order chi connectivity index (χ1) is 14.4. The number of hydrogen-bond donors (Lipinski definition) is 2. The van der Waals surface area contributed by atoms with Gasteiger partial charge >= 0.3 is 0 Å². The summed E-state index contributed by atoms with van der Waals surface area (Å²) >= 11 is 0. The largest absolute Gasteiger partial charge is 0.439 e. The molecular weight excluding hydrogens is 402 g/mol. The summed E-state index contributed by atoms with van der Waals surface area (Å²) in [4.78, 5) is 16.4. The molecule has 1 heterocycles. The number of amides is 1. The summed E-state index contributed by atoms with van der Waals surface area (Å²) < 4.78 is 32.7. The number of aromatic nitrogens is 1. The molecule has 0 saturated heterocycles. The van der Waals surface area contributed by atoms with Crippen LogP contribution in [0.15, 0.2) is 77.8 Å². The third-order valence-electron chi connectivity index (χ3n) is 4.19. The molecule has 0 atom stereocenters. The topological polar surface area (TPSA) is 97.4 Å². The molecule has 3 aromatic rings. The number of ether oxygens (including phenoxy) is 1. The van der Waals surface area contributed by atoms with E-state index in [-0.39, 0.29) is 23.8 Å². The van der Waals surface area contributed by atoms with Crippen molar-refractivity contribution < 1.29 is 17.9 Å². The summed E-state index contributed by atoms with van der Waals surface area (Å²) in [6.07, 6.45) is 1.68. The van der Waals surface area contributed by atoms with Crippen LogP contribution in [0.4, 0.5) is 0 Å². The van der Waals surface area contributed by atoms with Crippen molar-refractivity contribution in [3.63, 3.8) is 0 Å². The molecule has 0 aliphatic rings. The summed E-state index contributed by atoms with van der Waals surface area (Å²) in [5, 5.41) is 2.78. The van der Waals surface area contributed by atoms with Crippen LogP contribution in [0.25, 0.3) is 0 Å². The van der Waals surface area contributed by atoms with Crippen LogP contribution < -0.4 is 14.8 Å². The fraction of sp³-hybridized carbons (Fsp3) is 0.182. The standard InChI is InChI=1S/C22H23N3O4S/c1-17-6-4-9-20(14-17)30(27,28)25-13-11-21(26)24-16-18-7-5-8-19(15-18)29-22-10-2-3-12-23-22/h2-10,12,14-15,25H,11,13,16H2,1H3,(H,24,26). The first-order valence-corrected chi connectivity index (χ1v) is 10.9. The minimum absolute atomic E-state index is 0.0188. The average Bonchev–Trinajstić information content (AvgIpc) is 2.73. The van der Waals surface area contributed by atoms with Gasteiger partial charge in [0.2, 0.25) is 21.8 Å². The Morgan fingerprint density at radius 3 is 2.63 bits per heavy atom. The third kappa shape index (κ3) is 6.40. The van der Waals surface area contributed by atoms with Crippen molar-refractivity contribution in [2.75, 3.05) is 6.54 Å². The van der Waals surface area contributed by atoms with E-state index in [0.717, 1.165) is 11.1 Å². The Morgan fingerprint density at radius 2 is 1.87 bits per heavy atom. The van der Waals surface area contributed by atoms with Gasteiger partial charge in [0.05, 0.1) is 4.90 Å². The lowest BCUT2D eigenvalue weighted by atomic mass is 10.2. The number of rotatable bonds is 9. The van der Waals surface area contributed by atoms with Gasteiger partial charge in [0, 0.05) is 31.8 Å². The summed E-state index contributed by atoms with van der Waals surface area (Å²) in [6, 6.07) is 19.3. The number of aryl methyl sites for hydroxylation is 1. The van der Waals surface area contributed by atoms with E-state index in [9.17, 15) is 13.2 Å². The Balaban J connectivity index is 1.46. The highest BCUT2D eigenvalue weighted by molar-refractivity contribution is 7.89. The van der Waals surface area contributed by atoms with E-state index in [1.807, 2.05) is 37.3 Å². The predicted molar refractivity (Wildman–Crippen MR) is 114 cm³/mol. The predicted octanol–water partition coefficient (Wildman–Crippen LogP) is 3.17. The maximum Gasteiger partial charge on any atom is 0.240 e. The van der Waals surface area contributed by atoms with Crippen LogP contribution in [-0.2, 0) is 21.4 Å². The van der Waals surface area contributed by atoms with Gasteiger partial charge in [-0.1, -0.05) is 30.3 Å². The average molecular weight is 426 g/mol. The van der Waals surface area contributed by atoms with E-state index in [0.29, 0.717) is 18.2 Å². The monoisotopic (exact) mass is 425 g/mol. The number of sulfonamides is 1. The van der Waals surface area contributed by atoms with E-state index < -0.39 is 10.0 Å². The van der Waals surface area contributed by atoms with Crippen molar-refractivity contribution >= 4 is 15.9 Å². The molecule has 2 N–H and O–H groups in total. The van der Waals surface area contributed by atoms with Crippen LogP contribution in [0.3, 0.4) is 0 Å². The second-order valence-electron chi connectivity index (χ2n) is 6.66. The van der Waals surface area contributed by atoms with Crippen LogP contribution in [-0.4, -0.2) is 25.9 Å². The van der Waals surface area contributed by atoms with Crippen LogP contribution in [0.5, 0.6) is 11.6 Å². The molecule has 0 radical (unpaired) electrons. The van der Waals surface area contributed by atoms with Crippen LogP contribution >= 0.6 is 0 Å². The summed E-state index contributed by atoms with van der Waals surface area (Å²) in [5.74, 6) is 0.851. The van der Waals surface area contributed by atoms with Gasteiger partial charge in [-0.05, 0) is 48.4 Å². The number of carbonyl (C=O) groups is 1. The second kappa shape index (κ2) is 10.00. The van der Waals surface area contributed by atoms with Crippen LogP contribution in [0.1, 0.15) is 17.5 Å². The zero-order valence-electron chi connectivity index (χ0n) is 16.5. The fourth-order valence-electron chi connectivity index (χ4n) is 2.70. The molecule has 8 heteroatoms. The maximum absolute atomic E-state index is 12.3. The second-order valence-corrected chi connectivity index (χ2v) is 8.43. The highest BCUT2D eigenvalue weighted by Crippen LogP contribution is 2.20. The fourth-order valence-corrected chi connectivity index (χ4v) is 3.84. The number of nitrogens with one attached hydrogen (secondary N) is 2. The number of pyridine rings is 1. The minimum atomic E-state index is -3.63. The summed E-state index contributed by atoms with van der Waals surface area (Å²) in [6.45, 7) is 2.15. The van der Waals surface area contributed by atoms with E-state index in [4.69, 9.17) is 4.74 Å². The van der Waals surface area contributed by atoms with Crippen molar-refractivity contribution in [2.24, 2.45) is 0 Å². The Bertz CT molecular complexity index is 1100. The molecule has 2 aromatic carbocycles. The van der Waals surface area contributed by atoms with E-state index in [1.165, 1.54) is 6.07 Å². The molecule has 0 aliphatic carbocycles. The van der Waals surface area contributed by atoms with Crippen molar-refractivity contribution in [1.82, 2.24) is 15.0 Å². The van der Waals surface area contributed by atoms with Gasteiger partial charge in [0.15, 0.2) is 0 Å². The number of nitrogens with zero attached hydrogens (tertiary/aromatic N) is 1. The zero-order valence-corrected chi connectivity index (χ0v) is 17.4. The quantitative estimate of drug-likeness (QED) is 0.549.